The highest BCUT2D eigenvalue weighted by atomic mass is 32.2. The van der Waals surface area contributed by atoms with Gasteiger partial charge in [0, 0.05) is 17.5 Å². The molecule has 1 N–H and O–H groups in total. The van der Waals surface area contributed by atoms with E-state index in [9.17, 15) is 8.42 Å². The molecule has 1 heterocycles. The zero-order chi connectivity index (χ0) is 17.9. The van der Waals surface area contributed by atoms with E-state index in [0.29, 0.717) is 11.8 Å². The molecule has 130 valence electrons. The first kappa shape index (κ1) is 17.2. The molecule has 1 aromatic heterocycles. The Morgan fingerprint density at radius 3 is 2.36 bits per heavy atom. The summed E-state index contributed by atoms with van der Waals surface area (Å²) >= 11 is 0. The summed E-state index contributed by atoms with van der Waals surface area (Å²) in [5, 5.41) is 11.4. The molecular weight excluding hydrogens is 338 g/mol. The molecular formula is C18H19N3O3S. The SMILES string of the molecule is C[C@H](Nc1ccc(CS(C)(=O)=O)cc1)c1nnc(-c2ccccc2)o1. The Kier molecular flexibility index (Phi) is 4.85. The number of rotatable bonds is 6. The Morgan fingerprint density at radius 1 is 1.04 bits per heavy atom. The van der Waals surface area contributed by atoms with Crippen molar-refractivity contribution in [2.45, 2.75) is 18.7 Å². The van der Waals surface area contributed by atoms with E-state index >= 15 is 0 Å². The van der Waals surface area contributed by atoms with Gasteiger partial charge in [-0.25, -0.2) is 8.42 Å². The Morgan fingerprint density at radius 2 is 1.72 bits per heavy atom. The van der Waals surface area contributed by atoms with Gasteiger partial charge in [-0.1, -0.05) is 30.3 Å². The predicted octanol–water partition coefficient (Wildman–Crippen LogP) is 3.45. The zero-order valence-electron chi connectivity index (χ0n) is 14.0. The largest absolute Gasteiger partial charge is 0.418 e. The Labute approximate surface area is 146 Å². The number of anilines is 1. The van der Waals surface area contributed by atoms with Crippen LogP contribution in [0.5, 0.6) is 0 Å². The van der Waals surface area contributed by atoms with Crippen LogP contribution in [0.2, 0.25) is 0 Å². The Hall–Kier alpha value is -2.67. The normalized spacial score (nSPS) is 12.7. The van der Waals surface area contributed by atoms with Gasteiger partial charge in [-0.2, -0.15) is 0 Å². The maximum atomic E-state index is 11.3. The lowest BCUT2D eigenvalue weighted by atomic mass is 10.2. The average molecular weight is 357 g/mol. The number of hydrogen-bond donors (Lipinski definition) is 1. The van der Waals surface area contributed by atoms with Gasteiger partial charge < -0.3 is 9.73 Å². The van der Waals surface area contributed by atoms with Crippen LogP contribution in [0.25, 0.3) is 11.5 Å². The fourth-order valence-electron chi connectivity index (χ4n) is 2.42. The van der Waals surface area contributed by atoms with E-state index in [1.807, 2.05) is 49.4 Å². The van der Waals surface area contributed by atoms with Crippen molar-refractivity contribution in [2.75, 3.05) is 11.6 Å². The quantitative estimate of drug-likeness (QED) is 0.727. The lowest BCUT2D eigenvalue weighted by Gasteiger charge is -2.11. The van der Waals surface area contributed by atoms with Gasteiger partial charge in [0.1, 0.15) is 6.04 Å². The van der Waals surface area contributed by atoms with Gasteiger partial charge in [0.25, 0.3) is 0 Å². The molecule has 0 aliphatic heterocycles. The fourth-order valence-corrected chi connectivity index (χ4v) is 3.22. The number of sulfone groups is 1. The number of aromatic nitrogens is 2. The molecule has 0 radical (unpaired) electrons. The second-order valence-corrected chi connectivity index (χ2v) is 8.08. The summed E-state index contributed by atoms with van der Waals surface area (Å²) < 4.78 is 28.4. The molecule has 0 saturated heterocycles. The Balaban J connectivity index is 1.68. The van der Waals surface area contributed by atoms with E-state index in [1.54, 1.807) is 12.1 Å². The van der Waals surface area contributed by atoms with Crippen molar-refractivity contribution in [3.05, 3.63) is 66.1 Å². The zero-order valence-corrected chi connectivity index (χ0v) is 14.8. The molecule has 0 bridgehead atoms. The van der Waals surface area contributed by atoms with Crippen molar-refractivity contribution in [1.29, 1.82) is 0 Å². The van der Waals surface area contributed by atoms with Gasteiger partial charge in [-0.15, -0.1) is 10.2 Å². The molecule has 0 saturated carbocycles. The number of nitrogens with one attached hydrogen (secondary N) is 1. The van der Waals surface area contributed by atoms with Crippen LogP contribution in [0, 0.1) is 0 Å². The van der Waals surface area contributed by atoms with Crippen molar-refractivity contribution in [3.63, 3.8) is 0 Å². The molecule has 0 spiro atoms. The highest BCUT2D eigenvalue weighted by Crippen LogP contribution is 2.23. The average Bonchev–Trinajstić information content (AvgIpc) is 3.06. The highest BCUT2D eigenvalue weighted by molar-refractivity contribution is 7.89. The minimum Gasteiger partial charge on any atom is -0.418 e. The van der Waals surface area contributed by atoms with Gasteiger partial charge in [-0.05, 0) is 36.8 Å². The van der Waals surface area contributed by atoms with E-state index in [4.69, 9.17) is 4.42 Å². The Bertz CT molecular complexity index is 935. The van der Waals surface area contributed by atoms with Gasteiger partial charge in [0.05, 0.1) is 5.75 Å². The summed E-state index contributed by atoms with van der Waals surface area (Å²) in [6, 6.07) is 16.7. The molecule has 7 heteroatoms. The molecule has 2 aromatic carbocycles. The lowest BCUT2D eigenvalue weighted by molar-refractivity contribution is 0.485. The van der Waals surface area contributed by atoms with E-state index in [-0.39, 0.29) is 11.8 Å². The third-order valence-electron chi connectivity index (χ3n) is 3.60. The van der Waals surface area contributed by atoms with E-state index in [0.717, 1.165) is 16.8 Å². The van der Waals surface area contributed by atoms with Crippen molar-refractivity contribution >= 4 is 15.5 Å². The first-order valence-corrected chi connectivity index (χ1v) is 9.89. The van der Waals surface area contributed by atoms with Crippen LogP contribution in [0.1, 0.15) is 24.4 Å². The molecule has 6 nitrogen and oxygen atoms in total. The summed E-state index contributed by atoms with van der Waals surface area (Å²) in [5.74, 6) is 0.999. The minimum atomic E-state index is -3.03. The topological polar surface area (TPSA) is 85.1 Å². The summed E-state index contributed by atoms with van der Waals surface area (Å²) in [6.07, 6.45) is 1.22. The number of benzene rings is 2. The standard InChI is InChI=1S/C18H19N3O3S/c1-13(17-20-21-18(24-17)15-6-4-3-5-7-15)19-16-10-8-14(9-11-16)12-25(2,22)23/h3-11,13,19H,12H2,1-2H3/t13-/m0/s1. The van der Waals surface area contributed by atoms with Crippen LogP contribution in [-0.2, 0) is 15.6 Å². The molecule has 0 aliphatic carbocycles. The molecule has 0 fully saturated rings. The van der Waals surface area contributed by atoms with Gasteiger partial charge in [-0.3, -0.25) is 0 Å². The van der Waals surface area contributed by atoms with E-state index in [2.05, 4.69) is 15.5 Å². The molecule has 3 rings (SSSR count). The summed E-state index contributed by atoms with van der Waals surface area (Å²) in [5.41, 5.74) is 2.48. The summed E-state index contributed by atoms with van der Waals surface area (Å²) in [7, 11) is -3.03. The van der Waals surface area contributed by atoms with Crippen molar-refractivity contribution in [1.82, 2.24) is 10.2 Å². The van der Waals surface area contributed by atoms with Crippen LogP contribution in [-0.4, -0.2) is 24.9 Å². The second-order valence-electron chi connectivity index (χ2n) is 5.94. The molecule has 0 amide bonds. The lowest BCUT2D eigenvalue weighted by Crippen LogP contribution is -2.07. The molecule has 1 atom stereocenters. The molecule has 0 unspecified atom stereocenters. The first-order valence-electron chi connectivity index (χ1n) is 7.83. The molecule has 3 aromatic rings. The third-order valence-corrected chi connectivity index (χ3v) is 4.46. The highest BCUT2D eigenvalue weighted by Gasteiger charge is 2.15. The summed E-state index contributed by atoms with van der Waals surface area (Å²) in [4.78, 5) is 0. The van der Waals surface area contributed by atoms with Crippen LogP contribution in [0.15, 0.2) is 59.0 Å². The number of hydrogen-bond acceptors (Lipinski definition) is 6. The second kappa shape index (κ2) is 7.06. The van der Waals surface area contributed by atoms with Gasteiger partial charge >= 0.3 is 0 Å². The third kappa shape index (κ3) is 4.67. The van der Waals surface area contributed by atoms with E-state index < -0.39 is 9.84 Å². The van der Waals surface area contributed by atoms with Gasteiger partial charge in [0.2, 0.25) is 11.8 Å². The molecule has 0 aliphatic rings. The predicted molar refractivity (Wildman–Crippen MR) is 96.8 cm³/mol. The van der Waals surface area contributed by atoms with Crippen LogP contribution >= 0.6 is 0 Å². The van der Waals surface area contributed by atoms with Crippen LogP contribution < -0.4 is 5.32 Å². The van der Waals surface area contributed by atoms with Crippen molar-refractivity contribution in [3.8, 4) is 11.5 Å². The van der Waals surface area contributed by atoms with Gasteiger partial charge in [0.15, 0.2) is 9.84 Å². The first-order chi connectivity index (χ1) is 11.9. The van der Waals surface area contributed by atoms with Crippen molar-refractivity contribution in [2.24, 2.45) is 0 Å². The number of nitrogens with zero attached hydrogens (tertiary/aromatic N) is 2. The van der Waals surface area contributed by atoms with Crippen LogP contribution in [0.3, 0.4) is 0 Å². The maximum absolute atomic E-state index is 11.3. The summed E-state index contributed by atoms with van der Waals surface area (Å²) in [6.45, 7) is 1.92. The van der Waals surface area contributed by atoms with E-state index in [1.165, 1.54) is 6.26 Å². The minimum absolute atomic E-state index is 0.0347. The fraction of sp³-hybridized carbons (Fsp3) is 0.222. The maximum Gasteiger partial charge on any atom is 0.247 e. The molecule has 25 heavy (non-hydrogen) atoms. The monoisotopic (exact) mass is 357 g/mol. The van der Waals surface area contributed by atoms with Crippen molar-refractivity contribution < 1.29 is 12.8 Å². The smallest absolute Gasteiger partial charge is 0.247 e. The van der Waals surface area contributed by atoms with Crippen LogP contribution in [0.4, 0.5) is 5.69 Å².